The van der Waals surface area contributed by atoms with E-state index in [0.29, 0.717) is 6.61 Å². The van der Waals surface area contributed by atoms with Crippen LogP contribution >= 0.6 is 0 Å². The van der Waals surface area contributed by atoms with Crippen molar-refractivity contribution < 1.29 is 13.9 Å². The van der Waals surface area contributed by atoms with Crippen molar-refractivity contribution in [1.82, 2.24) is 0 Å². The molecule has 3 aromatic carbocycles. The topological polar surface area (TPSA) is 27.7 Å². The molecule has 39 heavy (non-hydrogen) atoms. The highest BCUT2D eigenvalue weighted by Crippen LogP contribution is 2.43. The average Bonchev–Trinajstić information content (AvgIpc) is 3.14. The van der Waals surface area contributed by atoms with Crippen molar-refractivity contribution in [1.29, 1.82) is 0 Å². The van der Waals surface area contributed by atoms with Gasteiger partial charge in [0.2, 0.25) is 0 Å². The van der Waals surface area contributed by atoms with Gasteiger partial charge in [-0.15, -0.1) is 0 Å². The van der Waals surface area contributed by atoms with Crippen LogP contribution in [0.1, 0.15) is 48.5 Å². The van der Waals surface area contributed by atoms with Gasteiger partial charge in [0.25, 0.3) is 8.32 Å². The molecule has 1 heterocycles. The molecule has 3 nitrogen and oxygen atoms in total. The lowest BCUT2D eigenvalue weighted by Crippen LogP contribution is -2.67. The molecule has 0 N–H and O–H groups in total. The van der Waals surface area contributed by atoms with Gasteiger partial charge in [0.05, 0.1) is 12.7 Å². The van der Waals surface area contributed by atoms with Crippen molar-refractivity contribution >= 4 is 32.0 Å². The Hall–Kier alpha value is -2.29. The van der Waals surface area contributed by atoms with Crippen LogP contribution < -0.4 is 15.6 Å². The summed E-state index contributed by atoms with van der Waals surface area (Å²) >= 11 is 0. The van der Waals surface area contributed by atoms with Gasteiger partial charge in [-0.25, -0.2) is 0 Å². The predicted molar refractivity (Wildman–Crippen MR) is 169 cm³/mol. The Balaban J connectivity index is 1.66. The molecule has 0 spiro atoms. The average molecular weight is 559 g/mol. The van der Waals surface area contributed by atoms with Crippen molar-refractivity contribution in [2.75, 3.05) is 6.61 Å². The Morgan fingerprint density at radius 1 is 0.821 bits per heavy atom. The van der Waals surface area contributed by atoms with E-state index in [-0.39, 0.29) is 11.1 Å². The summed E-state index contributed by atoms with van der Waals surface area (Å²) in [5.74, 6) is -0.866. The van der Waals surface area contributed by atoms with E-state index >= 15 is 0 Å². The molecular formula is C34H46O3Si2. The largest absolute Gasteiger partial charge is 0.402 e. The molecule has 0 saturated carbocycles. The minimum Gasteiger partial charge on any atom is -0.402 e. The lowest BCUT2D eigenvalue weighted by molar-refractivity contribution is -0.188. The quantitative estimate of drug-likeness (QED) is 0.293. The SMILES string of the molecule is C/C(=C\[Si](C)(C)c1ccccc1)C1(C)OC(C)(CO[Si](c2ccccc2)(c2ccccc2)C(C)(C)C)O[C@H]1C. The number of rotatable bonds is 8. The summed E-state index contributed by atoms with van der Waals surface area (Å²) in [4.78, 5) is 0. The van der Waals surface area contributed by atoms with Gasteiger partial charge in [0.1, 0.15) is 13.7 Å². The molecule has 1 fully saturated rings. The lowest BCUT2D eigenvalue weighted by Gasteiger charge is -2.44. The molecule has 0 bridgehead atoms. The minimum atomic E-state index is -2.71. The summed E-state index contributed by atoms with van der Waals surface area (Å²) < 4.78 is 20.8. The summed E-state index contributed by atoms with van der Waals surface area (Å²) in [7, 11) is -4.53. The molecule has 1 aliphatic rings. The Bertz CT molecular complexity index is 1230. The fourth-order valence-electron chi connectivity index (χ4n) is 6.14. The van der Waals surface area contributed by atoms with E-state index in [2.05, 4.69) is 151 Å². The maximum atomic E-state index is 7.22. The van der Waals surface area contributed by atoms with Crippen LogP contribution in [0, 0.1) is 0 Å². The smallest absolute Gasteiger partial charge is 0.261 e. The monoisotopic (exact) mass is 558 g/mol. The summed E-state index contributed by atoms with van der Waals surface area (Å²) in [5, 5.41) is 3.82. The molecule has 4 rings (SSSR count). The van der Waals surface area contributed by atoms with Crippen LogP contribution in [0.4, 0.5) is 0 Å². The number of hydrogen-bond acceptors (Lipinski definition) is 3. The molecule has 0 radical (unpaired) electrons. The number of hydrogen-bond donors (Lipinski definition) is 0. The predicted octanol–water partition coefficient (Wildman–Crippen LogP) is 6.57. The Kier molecular flexibility index (Phi) is 8.33. The second kappa shape index (κ2) is 10.9. The molecule has 208 valence electrons. The third-order valence-corrected chi connectivity index (χ3v) is 16.4. The fourth-order valence-corrected chi connectivity index (χ4v) is 13.4. The normalized spacial score (nSPS) is 24.6. The zero-order chi connectivity index (χ0) is 28.5. The molecule has 2 unspecified atom stereocenters. The van der Waals surface area contributed by atoms with Crippen molar-refractivity contribution in [3.05, 3.63) is 102 Å². The van der Waals surface area contributed by atoms with E-state index in [4.69, 9.17) is 13.9 Å². The first-order valence-electron chi connectivity index (χ1n) is 14.1. The van der Waals surface area contributed by atoms with Gasteiger partial charge >= 0.3 is 0 Å². The number of ether oxygens (including phenoxy) is 2. The van der Waals surface area contributed by atoms with E-state index in [1.165, 1.54) is 21.1 Å². The highest BCUT2D eigenvalue weighted by molar-refractivity contribution is 6.99. The Morgan fingerprint density at radius 3 is 1.69 bits per heavy atom. The molecule has 1 saturated heterocycles. The van der Waals surface area contributed by atoms with Crippen LogP contribution in [0.25, 0.3) is 0 Å². The zero-order valence-corrected chi connectivity index (χ0v) is 27.2. The van der Waals surface area contributed by atoms with Crippen molar-refractivity contribution in [3.8, 4) is 0 Å². The van der Waals surface area contributed by atoms with Crippen LogP contribution in [-0.4, -0.2) is 40.5 Å². The first-order chi connectivity index (χ1) is 18.2. The van der Waals surface area contributed by atoms with E-state index in [9.17, 15) is 0 Å². The highest BCUT2D eigenvalue weighted by atomic mass is 28.4. The van der Waals surface area contributed by atoms with Crippen LogP contribution in [0.2, 0.25) is 18.1 Å². The maximum Gasteiger partial charge on any atom is 0.261 e. The lowest BCUT2D eigenvalue weighted by atomic mass is 9.93. The second-order valence-corrected chi connectivity index (χ2v) is 21.6. The van der Waals surface area contributed by atoms with Gasteiger partial charge in [-0.2, -0.15) is 0 Å². The highest BCUT2D eigenvalue weighted by Gasteiger charge is 2.55. The molecule has 3 aromatic rings. The van der Waals surface area contributed by atoms with Crippen molar-refractivity contribution in [2.24, 2.45) is 0 Å². The maximum absolute atomic E-state index is 7.22. The van der Waals surface area contributed by atoms with E-state index in [1.807, 2.05) is 6.92 Å². The summed E-state index contributed by atoms with van der Waals surface area (Å²) in [5.41, 5.74) is 3.16. The standard InChI is InChI=1S/C34H46O3Si2/c1-27(25-38(8,9)29-19-13-10-14-20-29)34(7)28(2)36-33(6,37-34)26-35-39(32(3,4)5,30-21-15-11-16-22-30)31-23-17-12-18-24-31/h10-25,28H,26H2,1-9H3/b27-25+/t28-,33?,34?/m0/s1. The third-order valence-electron chi connectivity index (χ3n) is 8.48. The summed E-state index contributed by atoms with van der Waals surface area (Å²) in [6.45, 7) is 20.6. The number of benzene rings is 3. The van der Waals surface area contributed by atoms with Crippen molar-refractivity contribution in [2.45, 2.75) is 84.1 Å². The molecule has 0 amide bonds. The van der Waals surface area contributed by atoms with E-state index in [1.54, 1.807) is 0 Å². The van der Waals surface area contributed by atoms with Gasteiger partial charge in [0, 0.05) is 0 Å². The molecule has 5 heteroatoms. The van der Waals surface area contributed by atoms with Crippen LogP contribution in [0.15, 0.2) is 102 Å². The second-order valence-electron chi connectivity index (χ2n) is 13.0. The first-order valence-corrected chi connectivity index (χ1v) is 19.1. The van der Waals surface area contributed by atoms with E-state index in [0.717, 1.165) is 0 Å². The summed E-state index contributed by atoms with van der Waals surface area (Å²) in [6, 6.07) is 32.3. The van der Waals surface area contributed by atoms with E-state index < -0.39 is 27.8 Å². The van der Waals surface area contributed by atoms with Gasteiger partial charge in [0.15, 0.2) is 5.79 Å². The Labute approximate surface area is 238 Å². The van der Waals surface area contributed by atoms with Gasteiger partial charge in [-0.05, 0) is 48.7 Å². The fraction of sp³-hybridized carbons (Fsp3) is 0.412. The third kappa shape index (κ3) is 5.79. The van der Waals surface area contributed by atoms with Crippen LogP contribution in [0.5, 0.6) is 0 Å². The van der Waals surface area contributed by atoms with Crippen molar-refractivity contribution in [3.63, 3.8) is 0 Å². The molecule has 3 atom stereocenters. The molecule has 0 aromatic heterocycles. The van der Waals surface area contributed by atoms with Gasteiger partial charge in [-0.3, -0.25) is 0 Å². The molecule has 0 aliphatic carbocycles. The molecule has 1 aliphatic heterocycles. The zero-order valence-electron chi connectivity index (χ0n) is 25.2. The van der Waals surface area contributed by atoms with Gasteiger partial charge in [-0.1, -0.05) is 136 Å². The Morgan fingerprint density at radius 2 is 1.26 bits per heavy atom. The minimum absolute atomic E-state index is 0.109. The molecular weight excluding hydrogens is 513 g/mol. The first kappa shape index (κ1) is 29.7. The van der Waals surface area contributed by atoms with Crippen LogP contribution in [-0.2, 0) is 13.9 Å². The van der Waals surface area contributed by atoms with Crippen LogP contribution in [0.3, 0.4) is 0 Å². The van der Waals surface area contributed by atoms with Gasteiger partial charge < -0.3 is 13.9 Å². The summed E-state index contributed by atoms with van der Waals surface area (Å²) in [6.07, 6.45) is -0.109.